The van der Waals surface area contributed by atoms with Crippen LogP contribution in [-0.2, 0) is 4.79 Å². The molecule has 1 aromatic carbocycles. The van der Waals surface area contributed by atoms with Gasteiger partial charge in [0.2, 0.25) is 5.91 Å². The van der Waals surface area contributed by atoms with Crippen molar-refractivity contribution in [1.29, 1.82) is 0 Å². The summed E-state index contributed by atoms with van der Waals surface area (Å²) in [7, 11) is 1.80. The van der Waals surface area contributed by atoms with Gasteiger partial charge in [0.25, 0.3) is 0 Å². The summed E-state index contributed by atoms with van der Waals surface area (Å²) in [6, 6.07) is 10.1. The Morgan fingerprint density at radius 2 is 2.00 bits per heavy atom. The van der Waals surface area contributed by atoms with E-state index in [1.165, 1.54) is 0 Å². The van der Waals surface area contributed by atoms with Crippen LogP contribution in [0.3, 0.4) is 0 Å². The molecule has 3 nitrogen and oxygen atoms in total. The van der Waals surface area contributed by atoms with Crippen LogP contribution in [0.4, 0.5) is 0 Å². The van der Waals surface area contributed by atoms with Gasteiger partial charge in [-0.15, -0.1) is 0 Å². The van der Waals surface area contributed by atoms with Crippen LogP contribution >= 0.6 is 0 Å². The first-order chi connectivity index (χ1) is 7.20. The molecule has 82 valence electrons. The average Bonchev–Trinajstić information content (AvgIpc) is 2.30. The van der Waals surface area contributed by atoms with Gasteiger partial charge in [0.05, 0.1) is 12.6 Å². The van der Waals surface area contributed by atoms with E-state index in [2.05, 4.69) is 6.92 Å². The van der Waals surface area contributed by atoms with Gasteiger partial charge in [0.1, 0.15) is 0 Å². The van der Waals surface area contributed by atoms with Gasteiger partial charge in [-0.2, -0.15) is 0 Å². The molecule has 0 fully saturated rings. The van der Waals surface area contributed by atoms with Crippen molar-refractivity contribution in [3.8, 4) is 0 Å². The van der Waals surface area contributed by atoms with Crippen LogP contribution in [0.2, 0.25) is 0 Å². The van der Waals surface area contributed by atoms with Crippen molar-refractivity contribution in [3.63, 3.8) is 0 Å². The van der Waals surface area contributed by atoms with Crippen molar-refractivity contribution in [1.82, 2.24) is 4.90 Å². The van der Waals surface area contributed by atoms with Gasteiger partial charge in [-0.25, -0.2) is 0 Å². The molecule has 0 radical (unpaired) electrons. The lowest BCUT2D eigenvalue weighted by Crippen LogP contribution is -2.35. The zero-order chi connectivity index (χ0) is 11.3. The molecule has 0 aliphatic carbocycles. The standard InChI is InChI=1S/C12H18N2O/c1-3-11(14(2)12(15)9-13)10-7-5-4-6-8-10/h4-8,11H,3,9,13H2,1-2H3. The third kappa shape index (κ3) is 2.80. The summed E-state index contributed by atoms with van der Waals surface area (Å²) >= 11 is 0. The lowest BCUT2D eigenvalue weighted by molar-refractivity contribution is -0.130. The van der Waals surface area contributed by atoms with E-state index in [4.69, 9.17) is 5.73 Å². The molecular formula is C12H18N2O. The van der Waals surface area contributed by atoms with Gasteiger partial charge < -0.3 is 10.6 Å². The predicted molar refractivity (Wildman–Crippen MR) is 61.3 cm³/mol. The van der Waals surface area contributed by atoms with Gasteiger partial charge >= 0.3 is 0 Å². The second kappa shape index (κ2) is 5.51. The normalized spacial score (nSPS) is 12.2. The van der Waals surface area contributed by atoms with Gasteiger partial charge in [-0.3, -0.25) is 4.79 Å². The van der Waals surface area contributed by atoms with E-state index >= 15 is 0 Å². The Labute approximate surface area is 90.9 Å². The highest BCUT2D eigenvalue weighted by Gasteiger charge is 2.18. The van der Waals surface area contributed by atoms with Crippen molar-refractivity contribution in [2.75, 3.05) is 13.6 Å². The van der Waals surface area contributed by atoms with Crippen LogP contribution in [0.1, 0.15) is 24.9 Å². The first kappa shape index (κ1) is 11.7. The molecular weight excluding hydrogens is 188 g/mol. The number of benzene rings is 1. The van der Waals surface area contributed by atoms with Gasteiger partial charge in [0.15, 0.2) is 0 Å². The summed E-state index contributed by atoms with van der Waals surface area (Å²) in [6.45, 7) is 2.14. The number of nitrogens with two attached hydrogens (primary N) is 1. The fourth-order valence-corrected chi connectivity index (χ4v) is 1.73. The Kier molecular flexibility index (Phi) is 4.31. The van der Waals surface area contributed by atoms with Crippen LogP contribution < -0.4 is 5.73 Å². The molecule has 1 aromatic rings. The fraction of sp³-hybridized carbons (Fsp3) is 0.417. The van der Waals surface area contributed by atoms with Crippen LogP contribution in [0, 0.1) is 0 Å². The Morgan fingerprint density at radius 3 is 2.47 bits per heavy atom. The van der Waals surface area contributed by atoms with Crippen LogP contribution in [0.25, 0.3) is 0 Å². The van der Waals surface area contributed by atoms with E-state index < -0.39 is 0 Å². The van der Waals surface area contributed by atoms with E-state index in [-0.39, 0.29) is 18.5 Å². The molecule has 15 heavy (non-hydrogen) atoms. The Balaban J connectivity index is 2.85. The summed E-state index contributed by atoms with van der Waals surface area (Å²) in [5, 5.41) is 0. The number of likely N-dealkylation sites (N-methyl/N-ethyl adjacent to an activating group) is 1. The quantitative estimate of drug-likeness (QED) is 0.812. The molecule has 1 unspecified atom stereocenters. The van der Waals surface area contributed by atoms with E-state index in [9.17, 15) is 4.79 Å². The van der Waals surface area contributed by atoms with Crippen LogP contribution in [0.15, 0.2) is 30.3 Å². The number of hydrogen-bond acceptors (Lipinski definition) is 2. The first-order valence-electron chi connectivity index (χ1n) is 5.21. The Hall–Kier alpha value is -1.35. The number of carbonyl (C=O) groups is 1. The number of rotatable bonds is 4. The molecule has 0 aliphatic rings. The lowest BCUT2D eigenvalue weighted by atomic mass is 10.0. The highest BCUT2D eigenvalue weighted by Crippen LogP contribution is 2.22. The van der Waals surface area contributed by atoms with Crippen LogP contribution in [-0.4, -0.2) is 24.4 Å². The SMILES string of the molecule is CCC(c1ccccc1)N(C)C(=O)CN. The number of amides is 1. The molecule has 0 aliphatic heterocycles. The topological polar surface area (TPSA) is 46.3 Å². The largest absolute Gasteiger partial charge is 0.338 e. The minimum absolute atomic E-state index is 0.0225. The van der Waals surface area contributed by atoms with E-state index in [0.29, 0.717) is 0 Å². The molecule has 0 bridgehead atoms. The molecule has 0 heterocycles. The summed E-state index contributed by atoms with van der Waals surface area (Å²) < 4.78 is 0. The van der Waals surface area contributed by atoms with Crippen molar-refractivity contribution in [3.05, 3.63) is 35.9 Å². The average molecular weight is 206 g/mol. The minimum atomic E-state index is -0.0225. The highest BCUT2D eigenvalue weighted by molar-refractivity contribution is 5.78. The zero-order valence-electron chi connectivity index (χ0n) is 9.31. The second-order valence-corrected chi connectivity index (χ2v) is 3.54. The third-order valence-corrected chi connectivity index (χ3v) is 2.61. The smallest absolute Gasteiger partial charge is 0.236 e. The molecule has 1 rings (SSSR count). The van der Waals surface area contributed by atoms with Crippen LogP contribution in [0.5, 0.6) is 0 Å². The maximum absolute atomic E-state index is 11.5. The predicted octanol–water partition coefficient (Wildman–Crippen LogP) is 1.55. The van der Waals surface area contributed by atoms with Crippen molar-refractivity contribution in [2.45, 2.75) is 19.4 Å². The zero-order valence-corrected chi connectivity index (χ0v) is 9.31. The maximum Gasteiger partial charge on any atom is 0.236 e. The van der Waals surface area contributed by atoms with E-state index in [1.807, 2.05) is 30.3 Å². The Morgan fingerprint density at radius 1 is 1.40 bits per heavy atom. The lowest BCUT2D eigenvalue weighted by Gasteiger charge is -2.27. The van der Waals surface area contributed by atoms with E-state index in [1.54, 1.807) is 11.9 Å². The molecule has 0 saturated carbocycles. The summed E-state index contributed by atoms with van der Waals surface area (Å²) in [5.41, 5.74) is 6.51. The van der Waals surface area contributed by atoms with Gasteiger partial charge in [0, 0.05) is 7.05 Å². The number of hydrogen-bond donors (Lipinski definition) is 1. The van der Waals surface area contributed by atoms with Crippen molar-refractivity contribution >= 4 is 5.91 Å². The molecule has 3 heteroatoms. The summed E-state index contributed by atoms with van der Waals surface area (Å²) in [5.74, 6) is -0.0225. The van der Waals surface area contributed by atoms with Crippen molar-refractivity contribution < 1.29 is 4.79 Å². The molecule has 0 aromatic heterocycles. The molecule has 1 atom stereocenters. The molecule has 1 amide bonds. The highest BCUT2D eigenvalue weighted by atomic mass is 16.2. The van der Waals surface area contributed by atoms with Crippen molar-refractivity contribution in [2.24, 2.45) is 5.73 Å². The minimum Gasteiger partial charge on any atom is -0.338 e. The van der Waals surface area contributed by atoms with Gasteiger partial charge in [-0.1, -0.05) is 37.3 Å². The second-order valence-electron chi connectivity index (χ2n) is 3.54. The monoisotopic (exact) mass is 206 g/mol. The summed E-state index contributed by atoms with van der Waals surface area (Å²) in [4.78, 5) is 13.2. The molecule has 2 N–H and O–H groups in total. The van der Waals surface area contributed by atoms with E-state index in [0.717, 1.165) is 12.0 Å². The summed E-state index contributed by atoms with van der Waals surface area (Å²) in [6.07, 6.45) is 0.895. The number of nitrogens with zero attached hydrogens (tertiary/aromatic N) is 1. The Bertz CT molecular complexity index is 311. The number of carbonyl (C=O) groups excluding carboxylic acids is 1. The molecule has 0 saturated heterocycles. The third-order valence-electron chi connectivity index (χ3n) is 2.61. The molecule has 0 spiro atoms. The fourth-order valence-electron chi connectivity index (χ4n) is 1.73. The maximum atomic E-state index is 11.5. The van der Waals surface area contributed by atoms with Gasteiger partial charge in [-0.05, 0) is 12.0 Å². The first-order valence-corrected chi connectivity index (χ1v) is 5.21.